The van der Waals surface area contributed by atoms with Crippen molar-refractivity contribution in [3.8, 4) is 11.8 Å². The molecule has 0 amide bonds. The molecule has 1 fully saturated rings. The van der Waals surface area contributed by atoms with E-state index >= 15 is 0 Å². The number of hydrogen-bond donors (Lipinski definition) is 1. The number of hydrogen-bond acceptors (Lipinski definition) is 3. The topological polar surface area (TPSA) is 57.6 Å². The van der Waals surface area contributed by atoms with Gasteiger partial charge in [-0.15, -0.1) is 0 Å². The van der Waals surface area contributed by atoms with Crippen molar-refractivity contribution >= 4 is 15.7 Å². The molecule has 0 spiro atoms. The minimum atomic E-state index is -3.36. The summed E-state index contributed by atoms with van der Waals surface area (Å²) in [5, 5.41) is 8.70. The van der Waals surface area contributed by atoms with Crippen molar-refractivity contribution in [3.63, 3.8) is 0 Å². The van der Waals surface area contributed by atoms with E-state index in [1.165, 1.54) is 22.5 Å². The van der Waals surface area contributed by atoms with Crippen molar-refractivity contribution in [3.05, 3.63) is 29.6 Å². The van der Waals surface area contributed by atoms with Crippen LogP contribution in [0, 0.1) is 17.7 Å². The molecular formula is C13H14FNO3S. The molecule has 1 heterocycles. The van der Waals surface area contributed by atoms with Crippen LogP contribution in [-0.4, -0.2) is 32.4 Å². The minimum Gasteiger partial charge on any atom is -0.384 e. The molecular weight excluding hydrogens is 269 g/mol. The predicted octanol–water partition coefficient (Wildman–Crippen LogP) is 1.10. The van der Waals surface area contributed by atoms with Gasteiger partial charge in [-0.1, -0.05) is 11.8 Å². The monoisotopic (exact) mass is 283 g/mol. The van der Waals surface area contributed by atoms with Gasteiger partial charge in [0.1, 0.15) is 12.4 Å². The van der Waals surface area contributed by atoms with Gasteiger partial charge in [-0.25, -0.2) is 12.8 Å². The third-order valence-corrected chi connectivity index (χ3v) is 4.73. The second-order valence-corrected chi connectivity index (χ2v) is 6.23. The largest absolute Gasteiger partial charge is 0.384 e. The van der Waals surface area contributed by atoms with Crippen LogP contribution in [0.3, 0.4) is 0 Å². The van der Waals surface area contributed by atoms with Crippen molar-refractivity contribution in [2.24, 2.45) is 0 Å². The lowest BCUT2D eigenvalue weighted by molar-refractivity contribution is 0.350. The number of halogens is 1. The molecule has 1 saturated heterocycles. The zero-order chi connectivity index (χ0) is 13.9. The number of benzene rings is 1. The van der Waals surface area contributed by atoms with Crippen LogP contribution in [-0.2, 0) is 10.0 Å². The first kappa shape index (κ1) is 13.8. The highest BCUT2D eigenvalue weighted by Crippen LogP contribution is 2.27. The van der Waals surface area contributed by atoms with Crippen LogP contribution in [0.25, 0.3) is 0 Å². The fourth-order valence-electron chi connectivity index (χ4n) is 2.02. The highest BCUT2D eigenvalue weighted by molar-refractivity contribution is 7.92. The maximum atomic E-state index is 13.2. The molecule has 1 aromatic rings. The van der Waals surface area contributed by atoms with Crippen LogP contribution < -0.4 is 4.31 Å². The van der Waals surface area contributed by atoms with E-state index in [9.17, 15) is 12.8 Å². The lowest BCUT2D eigenvalue weighted by Crippen LogP contribution is -2.38. The number of rotatable bonds is 1. The number of aliphatic hydroxyl groups is 1. The van der Waals surface area contributed by atoms with E-state index in [1.807, 2.05) is 0 Å². The molecule has 0 saturated carbocycles. The van der Waals surface area contributed by atoms with Gasteiger partial charge in [-0.3, -0.25) is 4.31 Å². The van der Waals surface area contributed by atoms with Gasteiger partial charge in [0.15, 0.2) is 0 Å². The molecule has 0 unspecified atom stereocenters. The van der Waals surface area contributed by atoms with Gasteiger partial charge >= 0.3 is 0 Å². The molecule has 0 aromatic heterocycles. The number of aliphatic hydroxyl groups excluding tert-OH is 1. The molecule has 1 aliphatic heterocycles. The smallest absolute Gasteiger partial charge is 0.235 e. The fraction of sp³-hybridized carbons (Fsp3) is 0.385. The summed E-state index contributed by atoms with van der Waals surface area (Å²) in [7, 11) is -3.36. The second kappa shape index (κ2) is 5.59. The molecule has 1 N–H and O–H groups in total. The normalized spacial score (nSPS) is 17.7. The summed E-state index contributed by atoms with van der Waals surface area (Å²) in [6.07, 6.45) is 1.40. The van der Waals surface area contributed by atoms with Crippen molar-refractivity contribution in [1.82, 2.24) is 0 Å². The van der Waals surface area contributed by atoms with E-state index in [1.54, 1.807) is 0 Å². The van der Waals surface area contributed by atoms with Gasteiger partial charge in [0.05, 0.1) is 17.0 Å². The first-order valence-corrected chi connectivity index (χ1v) is 7.55. The summed E-state index contributed by atoms with van der Waals surface area (Å²) >= 11 is 0. The standard InChI is InChI=1S/C13H14FNO3S/c14-12-5-6-13(11(10-12)4-3-8-16)15-7-1-2-9-19(15,17)18/h5-6,10,16H,1-2,7-9H2. The van der Waals surface area contributed by atoms with Gasteiger partial charge in [0.25, 0.3) is 0 Å². The number of nitrogens with zero attached hydrogens (tertiary/aromatic N) is 1. The van der Waals surface area contributed by atoms with E-state index in [2.05, 4.69) is 11.8 Å². The zero-order valence-electron chi connectivity index (χ0n) is 10.3. The molecule has 0 radical (unpaired) electrons. The van der Waals surface area contributed by atoms with Crippen molar-refractivity contribution in [1.29, 1.82) is 0 Å². The van der Waals surface area contributed by atoms with Gasteiger partial charge in [0, 0.05) is 6.54 Å². The van der Waals surface area contributed by atoms with Crippen LogP contribution in [0.4, 0.5) is 10.1 Å². The molecule has 102 valence electrons. The first-order valence-electron chi connectivity index (χ1n) is 5.94. The highest BCUT2D eigenvalue weighted by atomic mass is 32.2. The van der Waals surface area contributed by atoms with Gasteiger partial charge in [-0.05, 0) is 31.0 Å². The van der Waals surface area contributed by atoms with E-state index in [4.69, 9.17) is 5.11 Å². The van der Waals surface area contributed by atoms with Crippen molar-refractivity contribution in [2.75, 3.05) is 23.2 Å². The Kier molecular flexibility index (Phi) is 4.08. The third-order valence-electron chi connectivity index (χ3n) is 2.88. The van der Waals surface area contributed by atoms with E-state index in [0.717, 1.165) is 6.42 Å². The third kappa shape index (κ3) is 3.06. The summed E-state index contributed by atoms with van der Waals surface area (Å²) in [6.45, 7) is 0.0183. The van der Waals surface area contributed by atoms with Crippen LogP contribution in [0.15, 0.2) is 18.2 Å². The second-order valence-electron chi connectivity index (χ2n) is 4.22. The van der Waals surface area contributed by atoms with Crippen LogP contribution in [0.5, 0.6) is 0 Å². The molecule has 19 heavy (non-hydrogen) atoms. The SMILES string of the molecule is O=S1(=O)CCCCN1c1ccc(F)cc1C#CCO. The van der Waals surface area contributed by atoms with Gasteiger partial charge in [-0.2, -0.15) is 0 Å². The first-order chi connectivity index (χ1) is 9.04. The fourth-order valence-corrected chi connectivity index (χ4v) is 3.68. The Morgan fingerprint density at radius 1 is 1.37 bits per heavy atom. The van der Waals surface area contributed by atoms with Crippen LogP contribution in [0.2, 0.25) is 0 Å². The van der Waals surface area contributed by atoms with E-state index in [0.29, 0.717) is 18.7 Å². The Bertz CT molecular complexity index is 631. The Morgan fingerprint density at radius 3 is 2.84 bits per heavy atom. The minimum absolute atomic E-state index is 0.0945. The van der Waals surface area contributed by atoms with Gasteiger partial charge in [0.2, 0.25) is 10.0 Å². The lowest BCUT2D eigenvalue weighted by Gasteiger charge is -2.29. The average Bonchev–Trinajstić information content (AvgIpc) is 2.37. The molecule has 4 nitrogen and oxygen atoms in total. The number of sulfonamides is 1. The molecule has 0 atom stereocenters. The van der Waals surface area contributed by atoms with Crippen molar-refractivity contribution < 1.29 is 17.9 Å². The van der Waals surface area contributed by atoms with Crippen LogP contribution in [0.1, 0.15) is 18.4 Å². The predicted molar refractivity (Wildman–Crippen MR) is 70.7 cm³/mol. The maximum absolute atomic E-state index is 13.2. The van der Waals surface area contributed by atoms with E-state index < -0.39 is 15.8 Å². The molecule has 1 aliphatic rings. The molecule has 2 rings (SSSR count). The lowest BCUT2D eigenvalue weighted by atomic mass is 10.1. The van der Waals surface area contributed by atoms with Gasteiger partial charge < -0.3 is 5.11 Å². The average molecular weight is 283 g/mol. The van der Waals surface area contributed by atoms with E-state index in [-0.39, 0.29) is 17.9 Å². The summed E-state index contributed by atoms with van der Waals surface area (Å²) < 4.78 is 38.6. The zero-order valence-corrected chi connectivity index (χ0v) is 11.1. The Morgan fingerprint density at radius 2 is 2.16 bits per heavy atom. The maximum Gasteiger partial charge on any atom is 0.235 e. The van der Waals surface area contributed by atoms with Crippen molar-refractivity contribution in [2.45, 2.75) is 12.8 Å². The molecule has 0 aliphatic carbocycles. The summed E-state index contributed by atoms with van der Waals surface area (Å²) in [4.78, 5) is 0. The quantitative estimate of drug-likeness (QED) is 0.785. The van der Waals surface area contributed by atoms with Crippen LogP contribution >= 0.6 is 0 Å². The summed E-state index contributed by atoms with van der Waals surface area (Å²) in [5.74, 6) is 4.62. The Hall–Kier alpha value is -1.58. The molecule has 0 bridgehead atoms. The molecule has 6 heteroatoms. The Balaban J connectivity index is 2.49. The summed E-state index contributed by atoms with van der Waals surface area (Å²) in [5.41, 5.74) is 0.654. The Labute approximate surface area is 111 Å². The number of anilines is 1. The molecule has 1 aromatic carbocycles. The highest BCUT2D eigenvalue weighted by Gasteiger charge is 2.27. The summed E-state index contributed by atoms with van der Waals surface area (Å²) in [6, 6.07) is 3.81.